The molecular weight excluding hydrogens is 359 g/mol. The van der Waals surface area contributed by atoms with E-state index in [2.05, 4.69) is 0 Å². The summed E-state index contributed by atoms with van der Waals surface area (Å²) < 4.78 is 161. The third kappa shape index (κ3) is 2.55. The van der Waals surface area contributed by atoms with Gasteiger partial charge in [0, 0.05) is 5.92 Å². The van der Waals surface area contributed by atoms with E-state index in [1.165, 1.54) is 0 Å². The van der Waals surface area contributed by atoms with Crippen molar-refractivity contribution in [1.82, 2.24) is 0 Å². The van der Waals surface area contributed by atoms with Gasteiger partial charge in [-0.2, -0.15) is 52.7 Å². The highest BCUT2D eigenvalue weighted by Crippen LogP contribution is 2.59. The van der Waals surface area contributed by atoms with E-state index in [0.717, 1.165) is 0 Å². The Kier molecular flexibility index (Phi) is 4.75. The fourth-order valence-electron chi connectivity index (χ4n) is 0.918. The van der Waals surface area contributed by atoms with Gasteiger partial charge in [0.1, 0.15) is 6.17 Å². The molecule has 0 aliphatic heterocycles. The van der Waals surface area contributed by atoms with Crippen LogP contribution in [0.15, 0.2) is 0 Å². The molecule has 0 aromatic heterocycles. The molecule has 0 amide bonds. The van der Waals surface area contributed by atoms with E-state index in [1.54, 1.807) is 0 Å². The van der Waals surface area contributed by atoms with Crippen LogP contribution in [0.1, 0.15) is 0 Å². The van der Waals surface area contributed by atoms with Gasteiger partial charge >= 0.3 is 35.7 Å². The zero-order valence-electron chi connectivity index (χ0n) is 9.36. The molecule has 0 rings (SSSR count). The van der Waals surface area contributed by atoms with Crippen molar-refractivity contribution in [3.05, 3.63) is 0 Å². The summed E-state index contributed by atoms with van der Waals surface area (Å²) in [6, 6.07) is 0. The van der Waals surface area contributed by atoms with Crippen LogP contribution in [0.25, 0.3) is 0 Å². The minimum atomic E-state index is -7.87. The quantitative estimate of drug-likeness (QED) is 0.586. The van der Waals surface area contributed by atoms with Crippen LogP contribution < -0.4 is 0 Å². The van der Waals surface area contributed by atoms with Crippen molar-refractivity contribution in [2.75, 3.05) is 0 Å². The Morgan fingerprint density at radius 3 is 1.14 bits per heavy atom. The van der Waals surface area contributed by atoms with Crippen molar-refractivity contribution in [3.8, 4) is 12.1 Å². The minimum absolute atomic E-state index is 0.537. The summed E-state index contributed by atoms with van der Waals surface area (Å²) in [5.74, 6) is -38.0. The number of hydrogen-bond donors (Lipinski definition) is 1. The Hall–Kier alpha value is -1.39. The Morgan fingerprint density at radius 1 is 0.545 bits per heavy atom. The van der Waals surface area contributed by atoms with E-state index in [-0.39, 0.29) is 0 Å². The van der Waals surface area contributed by atoms with Crippen LogP contribution in [-0.2, 0) is 0 Å². The van der Waals surface area contributed by atoms with Gasteiger partial charge in [-0.25, -0.2) is 0 Å². The second-order valence-corrected chi connectivity index (χ2v) is 3.63. The summed E-state index contributed by atoms with van der Waals surface area (Å²) >= 11 is 0. The van der Waals surface area contributed by atoms with Crippen LogP contribution in [0, 0.1) is 12.1 Å². The zero-order chi connectivity index (χ0) is 18.4. The molecule has 1 nitrogen and oxygen atoms in total. The lowest BCUT2D eigenvalue weighted by Crippen LogP contribution is -2.70. The van der Waals surface area contributed by atoms with Gasteiger partial charge in [0.05, 0.1) is 0 Å². The van der Waals surface area contributed by atoms with E-state index in [9.17, 15) is 57.1 Å². The fourth-order valence-corrected chi connectivity index (χ4v) is 0.918. The van der Waals surface area contributed by atoms with Gasteiger partial charge in [-0.3, -0.25) is 0 Å². The van der Waals surface area contributed by atoms with Crippen molar-refractivity contribution in [2.24, 2.45) is 0 Å². The number of rotatable bonds is 5. The summed E-state index contributed by atoms with van der Waals surface area (Å²) in [5.41, 5.74) is 0. The number of alkyl halides is 12. The van der Waals surface area contributed by atoms with Crippen molar-refractivity contribution in [3.63, 3.8) is 0 Å². The Labute approximate surface area is 111 Å². The van der Waals surface area contributed by atoms with E-state index < -0.39 is 47.8 Å². The van der Waals surface area contributed by atoms with Crippen LogP contribution in [0.5, 0.6) is 0 Å². The van der Waals surface area contributed by atoms with Gasteiger partial charge < -0.3 is 5.11 Å². The highest BCUT2D eigenvalue weighted by Gasteiger charge is 2.90. The lowest BCUT2D eigenvalue weighted by Gasteiger charge is -2.38. The number of halogens is 13. The molecule has 0 aliphatic rings. The molecule has 0 aromatic rings. The van der Waals surface area contributed by atoms with Crippen LogP contribution in [-0.4, -0.2) is 40.8 Å². The van der Waals surface area contributed by atoms with E-state index >= 15 is 0 Å². The van der Waals surface area contributed by atoms with Crippen molar-refractivity contribution in [2.45, 2.75) is 35.7 Å². The molecule has 0 saturated carbocycles. The largest absolute Gasteiger partial charge is 0.423 e. The molecule has 0 atom stereocenters. The zero-order valence-corrected chi connectivity index (χ0v) is 9.36. The molecule has 1 N–H and O–H groups in total. The molecule has 0 radical (unpaired) electrons. The Bertz CT molecular complexity index is 476. The van der Waals surface area contributed by atoms with E-state index in [4.69, 9.17) is 5.11 Å². The molecule has 22 heavy (non-hydrogen) atoms. The smallest absolute Gasteiger partial charge is 0.331 e. The predicted molar refractivity (Wildman–Crippen MR) is 40.8 cm³/mol. The fraction of sp³-hybridized carbons (Fsp3) is 0.750. The first-order valence-corrected chi connectivity index (χ1v) is 4.43. The normalized spacial score (nSPS) is 15.4. The topological polar surface area (TPSA) is 20.2 Å². The SMILES string of the molecule is OC(F)(F)C(F)(F)C(F)(F)C(F)(F)C(F)(F)C(F)(F)C#CF. The molecule has 130 valence electrons. The minimum Gasteiger partial charge on any atom is -0.331 e. The van der Waals surface area contributed by atoms with E-state index in [1.807, 2.05) is 0 Å². The van der Waals surface area contributed by atoms with Gasteiger partial charge in [-0.05, 0) is 0 Å². The Morgan fingerprint density at radius 2 is 0.864 bits per heavy atom. The third-order valence-electron chi connectivity index (χ3n) is 2.16. The van der Waals surface area contributed by atoms with Crippen LogP contribution >= 0.6 is 0 Å². The van der Waals surface area contributed by atoms with Crippen LogP contribution in [0.3, 0.4) is 0 Å². The maximum atomic E-state index is 12.7. The molecule has 0 bridgehead atoms. The van der Waals surface area contributed by atoms with Crippen LogP contribution in [0.2, 0.25) is 0 Å². The summed E-state index contributed by atoms with van der Waals surface area (Å²) in [7, 11) is 0. The van der Waals surface area contributed by atoms with Gasteiger partial charge in [0.15, 0.2) is 0 Å². The predicted octanol–water partition coefficient (Wildman–Crippen LogP) is 3.68. The number of aliphatic hydroxyl groups is 1. The first-order chi connectivity index (χ1) is 9.31. The summed E-state index contributed by atoms with van der Waals surface area (Å²) in [5, 5.41) is 7.40. The second-order valence-electron chi connectivity index (χ2n) is 3.63. The Balaban J connectivity index is 6.27. The van der Waals surface area contributed by atoms with Gasteiger partial charge in [0.2, 0.25) is 0 Å². The molecule has 0 unspecified atom stereocenters. The average Bonchev–Trinajstić information content (AvgIpc) is 2.26. The lowest BCUT2D eigenvalue weighted by atomic mass is 9.94. The van der Waals surface area contributed by atoms with Crippen molar-refractivity contribution >= 4 is 0 Å². The maximum absolute atomic E-state index is 12.7. The van der Waals surface area contributed by atoms with Gasteiger partial charge in [0.25, 0.3) is 0 Å². The molecule has 0 fully saturated rings. The molecule has 14 heteroatoms. The molecular formula is C8HF13O. The van der Waals surface area contributed by atoms with Crippen molar-refractivity contribution in [1.29, 1.82) is 0 Å². The van der Waals surface area contributed by atoms with Gasteiger partial charge in [-0.15, -0.1) is 4.39 Å². The van der Waals surface area contributed by atoms with Crippen LogP contribution in [0.4, 0.5) is 57.1 Å². The second kappa shape index (κ2) is 5.07. The standard InChI is InChI=1S/C8HF13O/c9-2-1-3(10,11)4(12,13)5(14,15)6(16,17)7(18,19)8(20,21)22/h22H. The summed E-state index contributed by atoms with van der Waals surface area (Å²) in [4.78, 5) is 0. The summed E-state index contributed by atoms with van der Waals surface area (Å²) in [6.45, 7) is 0. The first-order valence-electron chi connectivity index (χ1n) is 4.43. The number of hydrogen-bond acceptors (Lipinski definition) is 1. The maximum Gasteiger partial charge on any atom is 0.423 e. The average molecular weight is 360 g/mol. The molecule has 0 aliphatic carbocycles. The molecule has 0 spiro atoms. The molecule has 0 saturated heterocycles. The molecule has 0 aromatic carbocycles. The third-order valence-corrected chi connectivity index (χ3v) is 2.16. The highest BCUT2D eigenvalue weighted by molar-refractivity contribution is 5.19. The van der Waals surface area contributed by atoms with Gasteiger partial charge in [-0.1, -0.05) is 0 Å². The van der Waals surface area contributed by atoms with Crippen molar-refractivity contribution < 1.29 is 62.2 Å². The first kappa shape index (κ1) is 20.6. The van der Waals surface area contributed by atoms with E-state index in [0.29, 0.717) is 0 Å². The lowest BCUT2D eigenvalue weighted by molar-refractivity contribution is -0.448. The highest BCUT2D eigenvalue weighted by atomic mass is 19.4. The summed E-state index contributed by atoms with van der Waals surface area (Å²) in [6.07, 6.45) is -7.51. The molecule has 0 heterocycles. The monoisotopic (exact) mass is 360 g/mol.